The van der Waals surface area contributed by atoms with Gasteiger partial charge in [0.15, 0.2) is 5.82 Å². The number of nitrogens with one attached hydrogen (secondary N) is 1. The molecule has 108 valence electrons. The Morgan fingerprint density at radius 3 is 2.95 bits per heavy atom. The Hall–Kier alpha value is -1.43. The summed E-state index contributed by atoms with van der Waals surface area (Å²) < 4.78 is 5.08. The molecule has 1 rings (SSSR count). The summed E-state index contributed by atoms with van der Waals surface area (Å²) in [7, 11) is 0. The minimum atomic E-state index is -0.727. The van der Waals surface area contributed by atoms with E-state index in [4.69, 9.17) is 9.63 Å². The van der Waals surface area contributed by atoms with Gasteiger partial charge < -0.3 is 14.9 Å². The van der Waals surface area contributed by atoms with Crippen LogP contribution in [-0.4, -0.2) is 27.8 Å². The largest absolute Gasteiger partial charge is 0.481 e. The molecule has 0 amide bonds. The summed E-state index contributed by atoms with van der Waals surface area (Å²) in [5, 5.41) is 15.7. The smallest absolute Gasteiger partial charge is 0.303 e. The number of carbonyl (C=O) groups is 1. The zero-order valence-corrected chi connectivity index (χ0v) is 11.7. The second kappa shape index (κ2) is 8.63. The first-order valence-corrected chi connectivity index (χ1v) is 6.85. The molecule has 0 aliphatic rings. The van der Waals surface area contributed by atoms with E-state index in [2.05, 4.69) is 29.3 Å². The van der Waals surface area contributed by atoms with E-state index in [1.807, 2.05) is 0 Å². The van der Waals surface area contributed by atoms with Gasteiger partial charge in [-0.05, 0) is 31.7 Å². The highest BCUT2D eigenvalue weighted by Crippen LogP contribution is 2.09. The van der Waals surface area contributed by atoms with Crippen LogP contribution in [0.25, 0.3) is 0 Å². The average molecular weight is 269 g/mol. The van der Waals surface area contributed by atoms with Gasteiger partial charge in [-0.25, -0.2) is 0 Å². The molecule has 0 radical (unpaired) electrons. The maximum atomic E-state index is 10.4. The fourth-order valence-electron chi connectivity index (χ4n) is 1.74. The summed E-state index contributed by atoms with van der Waals surface area (Å²) >= 11 is 0. The van der Waals surface area contributed by atoms with Crippen molar-refractivity contribution in [3.63, 3.8) is 0 Å². The van der Waals surface area contributed by atoms with Crippen LogP contribution in [0, 0.1) is 5.92 Å². The number of aryl methyl sites for hydroxylation is 1. The molecule has 0 aliphatic carbocycles. The van der Waals surface area contributed by atoms with Crippen LogP contribution in [0.2, 0.25) is 0 Å². The van der Waals surface area contributed by atoms with Gasteiger partial charge in [0.2, 0.25) is 5.89 Å². The molecule has 0 spiro atoms. The van der Waals surface area contributed by atoms with Crippen LogP contribution in [-0.2, 0) is 17.8 Å². The minimum absolute atomic E-state index is 0.242. The first-order chi connectivity index (χ1) is 9.11. The molecule has 0 aromatic carbocycles. The van der Waals surface area contributed by atoms with Gasteiger partial charge >= 0.3 is 5.97 Å². The summed E-state index contributed by atoms with van der Waals surface area (Å²) in [5.74, 6) is 1.05. The van der Waals surface area contributed by atoms with Crippen molar-refractivity contribution in [1.82, 2.24) is 15.5 Å². The van der Waals surface area contributed by atoms with Crippen molar-refractivity contribution in [3.05, 3.63) is 11.7 Å². The van der Waals surface area contributed by atoms with E-state index in [9.17, 15) is 4.79 Å². The molecule has 0 fully saturated rings. The fraction of sp³-hybridized carbons (Fsp3) is 0.769. The van der Waals surface area contributed by atoms with Crippen molar-refractivity contribution in [2.45, 2.75) is 52.5 Å². The normalized spacial score (nSPS) is 12.5. The Bertz CT molecular complexity index is 379. The maximum absolute atomic E-state index is 10.4. The predicted molar refractivity (Wildman–Crippen MR) is 70.7 cm³/mol. The summed E-state index contributed by atoms with van der Waals surface area (Å²) in [5.41, 5.74) is 0. The van der Waals surface area contributed by atoms with Gasteiger partial charge in [0.1, 0.15) is 0 Å². The van der Waals surface area contributed by atoms with Crippen LogP contribution in [0.5, 0.6) is 0 Å². The highest BCUT2D eigenvalue weighted by molar-refractivity contribution is 5.66. The molecule has 0 saturated carbocycles. The highest BCUT2D eigenvalue weighted by atomic mass is 16.5. The van der Waals surface area contributed by atoms with Gasteiger partial charge in [-0.1, -0.05) is 19.0 Å². The number of hydrogen-bond acceptors (Lipinski definition) is 5. The van der Waals surface area contributed by atoms with Crippen molar-refractivity contribution in [2.75, 3.05) is 6.54 Å². The number of aromatic nitrogens is 2. The third-order valence-corrected chi connectivity index (χ3v) is 2.92. The molecule has 1 atom stereocenters. The number of hydrogen-bond donors (Lipinski definition) is 2. The van der Waals surface area contributed by atoms with E-state index in [1.165, 1.54) is 0 Å². The maximum Gasteiger partial charge on any atom is 0.303 e. The van der Waals surface area contributed by atoms with Crippen LogP contribution < -0.4 is 5.32 Å². The molecule has 1 unspecified atom stereocenters. The van der Waals surface area contributed by atoms with Crippen LogP contribution in [0.4, 0.5) is 0 Å². The molecule has 1 aromatic rings. The molecular weight excluding hydrogens is 246 g/mol. The Kier molecular flexibility index (Phi) is 7.10. The third kappa shape index (κ3) is 6.91. The lowest BCUT2D eigenvalue weighted by atomic mass is 10.0. The lowest BCUT2D eigenvalue weighted by molar-refractivity contribution is -0.137. The van der Waals surface area contributed by atoms with E-state index >= 15 is 0 Å². The number of carboxylic acids is 1. The molecule has 0 bridgehead atoms. The summed E-state index contributed by atoms with van der Waals surface area (Å²) in [6.45, 7) is 5.57. The Morgan fingerprint density at radius 1 is 1.47 bits per heavy atom. The average Bonchev–Trinajstić information content (AvgIpc) is 2.80. The molecule has 0 saturated heterocycles. The number of nitrogens with zero attached hydrogens (tertiary/aromatic N) is 2. The van der Waals surface area contributed by atoms with Crippen LogP contribution in [0.3, 0.4) is 0 Å². The van der Waals surface area contributed by atoms with Crippen molar-refractivity contribution in [1.29, 1.82) is 0 Å². The van der Waals surface area contributed by atoms with Gasteiger partial charge in [0, 0.05) is 12.8 Å². The lowest BCUT2D eigenvalue weighted by Crippen LogP contribution is -2.18. The van der Waals surface area contributed by atoms with Gasteiger partial charge in [-0.2, -0.15) is 4.98 Å². The summed E-state index contributed by atoms with van der Waals surface area (Å²) in [4.78, 5) is 14.7. The van der Waals surface area contributed by atoms with Gasteiger partial charge in [0.05, 0.1) is 6.54 Å². The van der Waals surface area contributed by atoms with Crippen molar-refractivity contribution in [2.24, 2.45) is 5.92 Å². The zero-order chi connectivity index (χ0) is 14.1. The van der Waals surface area contributed by atoms with Crippen molar-refractivity contribution < 1.29 is 14.4 Å². The van der Waals surface area contributed by atoms with E-state index in [0.717, 1.165) is 32.2 Å². The van der Waals surface area contributed by atoms with Gasteiger partial charge in [-0.15, -0.1) is 0 Å². The molecule has 2 N–H and O–H groups in total. The Morgan fingerprint density at radius 2 is 2.26 bits per heavy atom. The molecule has 0 aliphatic heterocycles. The number of aliphatic carboxylic acids is 1. The topological polar surface area (TPSA) is 88.2 Å². The monoisotopic (exact) mass is 269 g/mol. The number of carboxylic acid groups (broad SMARTS) is 1. The first-order valence-electron chi connectivity index (χ1n) is 6.85. The highest BCUT2D eigenvalue weighted by Gasteiger charge is 2.07. The first kappa shape index (κ1) is 15.6. The van der Waals surface area contributed by atoms with E-state index in [0.29, 0.717) is 24.2 Å². The molecule has 6 heteroatoms. The predicted octanol–water partition coefficient (Wildman–Crippen LogP) is 2.00. The van der Waals surface area contributed by atoms with Crippen molar-refractivity contribution in [3.8, 4) is 0 Å². The van der Waals surface area contributed by atoms with E-state index in [-0.39, 0.29) is 6.42 Å². The zero-order valence-electron chi connectivity index (χ0n) is 11.7. The summed E-state index contributed by atoms with van der Waals surface area (Å²) in [6, 6.07) is 0. The van der Waals surface area contributed by atoms with Gasteiger partial charge in [-0.3, -0.25) is 4.79 Å². The standard InChI is InChI=1S/C13H23N3O3/c1-3-4-12-15-11(16-19-12)9-14-8-7-10(2)5-6-13(17)18/h10,14H,3-9H2,1-2H3,(H,17,18). The Balaban J connectivity index is 2.10. The quantitative estimate of drug-likeness (QED) is 0.632. The van der Waals surface area contributed by atoms with Crippen molar-refractivity contribution >= 4 is 5.97 Å². The molecule has 6 nitrogen and oxygen atoms in total. The van der Waals surface area contributed by atoms with Crippen LogP contribution in [0.15, 0.2) is 4.52 Å². The van der Waals surface area contributed by atoms with E-state index in [1.54, 1.807) is 0 Å². The molecule has 1 heterocycles. The minimum Gasteiger partial charge on any atom is -0.481 e. The van der Waals surface area contributed by atoms with E-state index < -0.39 is 5.97 Å². The van der Waals surface area contributed by atoms with Gasteiger partial charge in [0.25, 0.3) is 0 Å². The molecular formula is C13H23N3O3. The fourth-order valence-corrected chi connectivity index (χ4v) is 1.74. The van der Waals surface area contributed by atoms with Crippen LogP contribution >= 0.6 is 0 Å². The Labute approximate surface area is 113 Å². The SMILES string of the molecule is CCCc1nc(CNCCC(C)CCC(=O)O)no1. The lowest BCUT2D eigenvalue weighted by Gasteiger charge is -2.09. The molecule has 19 heavy (non-hydrogen) atoms. The second-order valence-electron chi connectivity index (χ2n) is 4.86. The summed E-state index contributed by atoms with van der Waals surface area (Å²) in [6.07, 6.45) is 3.73. The second-order valence-corrected chi connectivity index (χ2v) is 4.86. The number of rotatable bonds is 10. The third-order valence-electron chi connectivity index (χ3n) is 2.92. The molecule has 1 aromatic heterocycles. The van der Waals surface area contributed by atoms with Crippen LogP contribution in [0.1, 0.15) is 51.2 Å².